The van der Waals surface area contributed by atoms with E-state index in [9.17, 15) is 0 Å². The van der Waals surface area contributed by atoms with Crippen molar-refractivity contribution in [3.05, 3.63) is 41.2 Å². The number of hydrogen-bond donors (Lipinski definition) is 2. The monoisotopic (exact) mass is 234 g/mol. The molecule has 0 aliphatic heterocycles. The smallest absolute Gasteiger partial charge is 0.227 e. The maximum Gasteiger partial charge on any atom is 0.227 e. The number of nitrogens with zero attached hydrogens (tertiary/aromatic N) is 2. The molecule has 0 saturated carbocycles. The van der Waals surface area contributed by atoms with Gasteiger partial charge < -0.3 is 11.1 Å². The normalized spacial score (nSPS) is 10.1. The minimum absolute atomic E-state index is 0.507. The molecule has 0 aliphatic rings. The highest BCUT2D eigenvalue weighted by Crippen LogP contribution is 2.18. The number of nitrogen functional groups attached to an aromatic ring is 1. The van der Waals surface area contributed by atoms with Gasteiger partial charge in [0.15, 0.2) is 0 Å². The quantitative estimate of drug-likeness (QED) is 0.785. The average Bonchev–Trinajstić information content (AvgIpc) is 2.24. The summed E-state index contributed by atoms with van der Waals surface area (Å²) in [5, 5.41) is 3.61. The summed E-state index contributed by atoms with van der Waals surface area (Å²) >= 11 is 5.84. The summed E-state index contributed by atoms with van der Waals surface area (Å²) in [6.45, 7) is 1.83. The Morgan fingerprint density at radius 3 is 2.88 bits per heavy atom. The summed E-state index contributed by atoms with van der Waals surface area (Å²) in [5.74, 6) is 0.507. The first-order valence-corrected chi connectivity index (χ1v) is 5.14. The molecule has 5 heteroatoms. The summed E-state index contributed by atoms with van der Waals surface area (Å²) in [7, 11) is 0. The molecular weight excluding hydrogens is 224 g/mol. The van der Waals surface area contributed by atoms with Gasteiger partial charge in [-0.1, -0.05) is 17.7 Å². The van der Waals surface area contributed by atoms with E-state index in [2.05, 4.69) is 15.3 Å². The standard InChI is InChI=1S/C11H11ClN4/c1-7-10(12)6-14-11(15-7)16-9-4-2-3-8(13)5-9/h2-6H,13H2,1H3,(H,14,15,16). The molecule has 1 aromatic carbocycles. The molecule has 0 amide bonds. The van der Waals surface area contributed by atoms with Gasteiger partial charge in [0.2, 0.25) is 5.95 Å². The van der Waals surface area contributed by atoms with Crippen LogP contribution in [0.15, 0.2) is 30.5 Å². The fourth-order valence-corrected chi connectivity index (χ4v) is 1.35. The van der Waals surface area contributed by atoms with Gasteiger partial charge in [-0.05, 0) is 25.1 Å². The Morgan fingerprint density at radius 1 is 1.38 bits per heavy atom. The van der Waals surface area contributed by atoms with Gasteiger partial charge in [0, 0.05) is 11.4 Å². The van der Waals surface area contributed by atoms with Crippen molar-refractivity contribution in [3.8, 4) is 0 Å². The molecule has 82 valence electrons. The van der Waals surface area contributed by atoms with Crippen LogP contribution in [-0.4, -0.2) is 9.97 Å². The lowest BCUT2D eigenvalue weighted by Gasteiger charge is -2.06. The van der Waals surface area contributed by atoms with Gasteiger partial charge in [0.05, 0.1) is 16.9 Å². The average molecular weight is 235 g/mol. The number of anilines is 3. The van der Waals surface area contributed by atoms with Crippen molar-refractivity contribution in [2.75, 3.05) is 11.1 Å². The minimum Gasteiger partial charge on any atom is -0.399 e. The van der Waals surface area contributed by atoms with E-state index in [4.69, 9.17) is 17.3 Å². The van der Waals surface area contributed by atoms with Crippen molar-refractivity contribution < 1.29 is 0 Å². The van der Waals surface area contributed by atoms with Gasteiger partial charge in [-0.2, -0.15) is 0 Å². The lowest BCUT2D eigenvalue weighted by molar-refractivity contribution is 1.11. The summed E-state index contributed by atoms with van der Waals surface area (Å²) in [6.07, 6.45) is 1.57. The molecule has 2 rings (SSSR count). The molecule has 3 N–H and O–H groups in total. The molecule has 0 fully saturated rings. The maximum atomic E-state index is 5.84. The number of hydrogen-bond acceptors (Lipinski definition) is 4. The van der Waals surface area contributed by atoms with Crippen LogP contribution in [0.4, 0.5) is 17.3 Å². The molecule has 0 saturated heterocycles. The third-order valence-corrected chi connectivity index (χ3v) is 2.43. The second kappa shape index (κ2) is 4.37. The van der Waals surface area contributed by atoms with E-state index >= 15 is 0 Å². The van der Waals surface area contributed by atoms with Crippen LogP contribution < -0.4 is 11.1 Å². The topological polar surface area (TPSA) is 63.8 Å². The Bertz CT molecular complexity index is 513. The van der Waals surface area contributed by atoms with Gasteiger partial charge >= 0.3 is 0 Å². The predicted molar refractivity (Wildman–Crippen MR) is 65.9 cm³/mol. The Labute approximate surface area is 98.5 Å². The van der Waals surface area contributed by atoms with Gasteiger partial charge in [-0.25, -0.2) is 9.97 Å². The molecular formula is C11H11ClN4. The molecule has 0 atom stereocenters. The highest BCUT2D eigenvalue weighted by atomic mass is 35.5. The van der Waals surface area contributed by atoms with Crippen LogP contribution in [0.2, 0.25) is 5.02 Å². The fraction of sp³-hybridized carbons (Fsp3) is 0.0909. The first kappa shape index (κ1) is 10.7. The largest absolute Gasteiger partial charge is 0.399 e. The van der Waals surface area contributed by atoms with Gasteiger partial charge in [-0.3, -0.25) is 0 Å². The molecule has 1 aromatic heterocycles. The number of nitrogens with two attached hydrogens (primary N) is 1. The second-order valence-electron chi connectivity index (χ2n) is 3.38. The highest BCUT2D eigenvalue weighted by Gasteiger charge is 2.01. The van der Waals surface area contributed by atoms with E-state index in [-0.39, 0.29) is 0 Å². The molecule has 0 spiro atoms. The number of rotatable bonds is 2. The van der Waals surface area contributed by atoms with Crippen molar-refractivity contribution >= 4 is 28.9 Å². The summed E-state index contributed by atoms with van der Waals surface area (Å²) in [6, 6.07) is 7.39. The molecule has 1 heterocycles. The van der Waals surface area contributed by atoms with Crippen LogP contribution in [0.5, 0.6) is 0 Å². The lowest BCUT2D eigenvalue weighted by Crippen LogP contribution is -1.98. The minimum atomic E-state index is 0.507. The number of nitrogens with one attached hydrogen (secondary N) is 1. The van der Waals surface area contributed by atoms with Gasteiger partial charge in [0.1, 0.15) is 0 Å². The number of benzene rings is 1. The first-order valence-electron chi connectivity index (χ1n) is 4.77. The van der Waals surface area contributed by atoms with Crippen LogP contribution in [0, 0.1) is 6.92 Å². The third-order valence-electron chi connectivity index (χ3n) is 2.06. The van der Waals surface area contributed by atoms with Crippen LogP contribution in [0.3, 0.4) is 0 Å². The van der Waals surface area contributed by atoms with Crippen molar-refractivity contribution in [2.45, 2.75) is 6.92 Å². The van der Waals surface area contributed by atoms with E-state index in [0.29, 0.717) is 16.7 Å². The van der Waals surface area contributed by atoms with Crippen molar-refractivity contribution in [1.82, 2.24) is 9.97 Å². The van der Waals surface area contributed by atoms with E-state index in [0.717, 1.165) is 11.4 Å². The Kier molecular flexibility index (Phi) is 2.92. The van der Waals surface area contributed by atoms with Crippen LogP contribution in [-0.2, 0) is 0 Å². The Hall–Kier alpha value is -1.81. The van der Waals surface area contributed by atoms with Crippen LogP contribution in [0.1, 0.15) is 5.69 Å². The van der Waals surface area contributed by atoms with Crippen LogP contribution >= 0.6 is 11.6 Å². The number of aromatic nitrogens is 2. The Balaban J connectivity index is 2.24. The number of aryl methyl sites for hydroxylation is 1. The summed E-state index contributed by atoms with van der Waals surface area (Å²) in [4.78, 5) is 8.27. The summed E-state index contributed by atoms with van der Waals surface area (Å²) < 4.78 is 0. The zero-order valence-electron chi connectivity index (χ0n) is 8.74. The lowest BCUT2D eigenvalue weighted by atomic mass is 10.3. The fourth-order valence-electron chi connectivity index (χ4n) is 1.26. The van der Waals surface area contributed by atoms with Crippen LogP contribution in [0.25, 0.3) is 0 Å². The zero-order chi connectivity index (χ0) is 11.5. The molecule has 0 radical (unpaired) electrons. The summed E-state index contributed by atoms with van der Waals surface area (Å²) in [5.41, 5.74) is 7.94. The van der Waals surface area contributed by atoms with Crippen molar-refractivity contribution in [2.24, 2.45) is 0 Å². The molecule has 0 bridgehead atoms. The molecule has 4 nitrogen and oxygen atoms in total. The van der Waals surface area contributed by atoms with Crippen molar-refractivity contribution in [1.29, 1.82) is 0 Å². The maximum absolute atomic E-state index is 5.84. The molecule has 16 heavy (non-hydrogen) atoms. The van der Waals surface area contributed by atoms with Gasteiger partial charge in [0.25, 0.3) is 0 Å². The van der Waals surface area contributed by atoms with Crippen molar-refractivity contribution in [3.63, 3.8) is 0 Å². The Morgan fingerprint density at radius 2 is 2.19 bits per heavy atom. The third kappa shape index (κ3) is 2.41. The molecule has 0 aliphatic carbocycles. The van der Waals surface area contributed by atoms with E-state index in [1.807, 2.05) is 31.2 Å². The SMILES string of the molecule is Cc1nc(Nc2cccc(N)c2)ncc1Cl. The van der Waals surface area contributed by atoms with E-state index in [1.54, 1.807) is 6.20 Å². The van der Waals surface area contributed by atoms with E-state index in [1.165, 1.54) is 0 Å². The predicted octanol–water partition coefficient (Wildman–Crippen LogP) is 2.76. The van der Waals surface area contributed by atoms with Gasteiger partial charge in [-0.15, -0.1) is 0 Å². The highest BCUT2D eigenvalue weighted by molar-refractivity contribution is 6.31. The first-order chi connectivity index (χ1) is 7.65. The zero-order valence-corrected chi connectivity index (χ0v) is 9.49. The number of halogens is 1. The molecule has 0 unspecified atom stereocenters. The molecule has 2 aromatic rings. The second-order valence-corrected chi connectivity index (χ2v) is 3.78. The van der Waals surface area contributed by atoms with E-state index < -0.39 is 0 Å².